The highest BCUT2D eigenvalue weighted by Gasteiger charge is 2.32. The van der Waals surface area contributed by atoms with Gasteiger partial charge in [0.15, 0.2) is 5.78 Å². The van der Waals surface area contributed by atoms with E-state index in [1.807, 2.05) is 55.5 Å². The fourth-order valence-electron chi connectivity index (χ4n) is 6.37. The van der Waals surface area contributed by atoms with Crippen molar-refractivity contribution in [2.45, 2.75) is 83.7 Å². The van der Waals surface area contributed by atoms with Gasteiger partial charge in [-0.2, -0.15) is 0 Å². The molecule has 0 spiro atoms. The van der Waals surface area contributed by atoms with Gasteiger partial charge in [0.2, 0.25) is 11.8 Å². The number of unbranched alkanes of at least 4 members (excludes halogenated alkanes) is 1. The largest absolute Gasteiger partial charge is 0.493 e. The summed E-state index contributed by atoms with van der Waals surface area (Å²) in [6.45, 7) is 4.77. The van der Waals surface area contributed by atoms with Crippen molar-refractivity contribution in [1.29, 1.82) is 0 Å². The van der Waals surface area contributed by atoms with Crippen molar-refractivity contribution in [3.8, 4) is 5.75 Å². The van der Waals surface area contributed by atoms with Crippen molar-refractivity contribution < 1.29 is 23.9 Å². The zero-order valence-corrected chi connectivity index (χ0v) is 29.7. The number of nitrogens with zero attached hydrogens (tertiary/aromatic N) is 2. The minimum atomic E-state index is -0.907. The minimum absolute atomic E-state index is 0.0366. The maximum atomic E-state index is 14.2. The Morgan fingerprint density at radius 1 is 0.980 bits per heavy atom. The van der Waals surface area contributed by atoms with Gasteiger partial charge in [-0.3, -0.25) is 24.2 Å². The summed E-state index contributed by atoms with van der Waals surface area (Å²) in [5, 5.41) is 6.96. The number of pyridine rings is 1. The van der Waals surface area contributed by atoms with Crippen LogP contribution in [-0.2, 0) is 32.0 Å². The molecule has 0 aliphatic carbocycles. The Morgan fingerprint density at radius 3 is 2.56 bits per heavy atom. The molecule has 1 aliphatic heterocycles. The molecule has 0 bridgehead atoms. The first kappa shape index (κ1) is 36.8. The quantitative estimate of drug-likeness (QED) is 0.114. The Bertz CT molecular complexity index is 1780. The van der Waals surface area contributed by atoms with Gasteiger partial charge in [0, 0.05) is 56.0 Å². The van der Waals surface area contributed by atoms with E-state index in [1.54, 1.807) is 19.3 Å². The molecule has 50 heavy (non-hydrogen) atoms. The van der Waals surface area contributed by atoms with E-state index in [2.05, 4.69) is 21.7 Å². The molecule has 5 rings (SSSR count). The summed E-state index contributed by atoms with van der Waals surface area (Å²) in [6.07, 6.45) is 6.63. The second-order valence-corrected chi connectivity index (χ2v) is 14.2. The summed E-state index contributed by atoms with van der Waals surface area (Å²) >= 11 is 1.51. The molecule has 4 N–H and O–H groups in total. The monoisotopic (exact) mass is 697 g/mol. The van der Waals surface area contributed by atoms with E-state index in [9.17, 15) is 19.2 Å². The maximum absolute atomic E-state index is 14.2. The topological polar surface area (TPSA) is 153 Å². The fourth-order valence-corrected chi connectivity index (χ4v) is 7.52. The lowest BCUT2D eigenvalue weighted by Gasteiger charge is -2.29. The Morgan fingerprint density at radius 2 is 1.78 bits per heavy atom. The molecule has 2 aromatic carbocycles. The number of carbonyl (C=O) groups excluding carboxylic acids is 4. The molecule has 0 saturated heterocycles. The van der Waals surface area contributed by atoms with E-state index in [0.29, 0.717) is 38.8 Å². The van der Waals surface area contributed by atoms with Crippen LogP contribution in [0.1, 0.15) is 79.6 Å². The number of thiazole rings is 1. The second kappa shape index (κ2) is 18.0. The highest BCUT2D eigenvalue weighted by Crippen LogP contribution is 2.32. The summed E-state index contributed by atoms with van der Waals surface area (Å²) in [5.41, 5.74) is 9.49. The van der Waals surface area contributed by atoms with Gasteiger partial charge in [-0.15, -0.1) is 11.3 Å². The smallest absolute Gasteiger partial charge is 0.224 e. The standard InChI is InChI=1S/C39H47N5O5S/c1-3-29(45)22-28(24-37-42-32-12-11-25(2)20-36(32)50-37)39(48)44-33(21-26-13-17-41-18-14-26)34(46)23-27(8-6-7-16-40)38(47)43-31-15-19-49-35-10-5-4-9-30(31)35/h4-5,9-14,17-18,20,27-28,31,33H,3,6-8,15-16,19,21-24,40H2,1-2H3,(H,43,47)(H,44,48)/t27-,28+,31-,33+/m1/s1. The van der Waals surface area contributed by atoms with Crippen LogP contribution in [0.5, 0.6) is 5.75 Å². The van der Waals surface area contributed by atoms with Gasteiger partial charge >= 0.3 is 0 Å². The van der Waals surface area contributed by atoms with Gasteiger partial charge in [0.05, 0.1) is 39.8 Å². The molecule has 10 nitrogen and oxygen atoms in total. The van der Waals surface area contributed by atoms with E-state index in [4.69, 9.17) is 15.5 Å². The highest BCUT2D eigenvalue weighted by atomic mass is 32.1. The Kier molecular flexibility index (Phi) is 13.2. The van der Waals surface area contributed by atoms with Crippen LogP contribution in [-0.4, -0.2) is 52.5 Å². The first-order valence-electron chi connectivity index (χ1n) is 17.6. The van der Waals surface area contributed by atoms with Crippen LogP contribution in [0.25, 0.3) is 10.2 Å². The molecule has 11 heteroatoms. The molecule has 2 aromatic heterocycles. The van der Waals surface area contributed by atoms with Crippen LogP contribution in [0.2, 0.25) is 0 Å². The molecule has 264 valence electrons. The summed E-state index contributed by atoms with van der Waals surface area (Å²) in [7, 11) is 0. The van der Waals surface area contributed by atoms with Crippen LogP contribution in [0.4, 0.5) is 0 Å². The number of ketones is 2. The van der Waals surface area contributed by atoms with E-state index < -0.39 is 17.9 Å². The second-order valence-electron chi connectivity index (χ2n) is 13.1. The van der Waals surface area contributed by atoms with E-state index >= 15 is 0 Å². The summed E-state index contributed by atoms with van der Waals surface area (Å²) in [4.78, 5) is 63.6. The number of amides is 2. The predicted octanol–water partition coefficient (Wildman–Crippen LogP) is 5.60. The van der Waals surface area contributed by atoms with Gasteiger partial charge in [-0.05, 0) is 74.2 Å². The maximum Gasteiger partial charge on any atom is 0.224 e. The third kappa shape index (κ3) is 10.0. The van der Waals surface area contributed by atoms with Crippen LogP contribution < -0.4 is 21.1 Å². The third-order valence-electron chi connectivity index (χ3n) is 9.24. The van der Waals surface area contributed by atoms with Crippen molar-refractivity contribution in [3.05, 3.63) is 88.7 Å². The molecule has 1 aliphatic rings. The van der Waals surface area contributed by atoms with Crippen LogP contribution >= 0.6 is 11.3 Å². The zero-order valence-electron chi connectivity index (χ0n) is 28.9. The van der Waals surface area contributed by atoms with Gasteiger partial charge < -0.3 is 21.1 Å². The number of hydrogen-bond donors (Lipinski definition) is 3. The van der Waals surface area contributed by atoms with Crippen LogP contribution in [0.3, 0.4) is 0 Å². The number of fused-ring (bicyclic) bond motifs is 2. The molecule has 4 aromatic rings. The van der Waals surface area contributed by atoms with Crippen molar-refractivity contribution in [2.75, 3.05) is 13.2 Å². The van der Waals surface area contributed by atoms with Crippen LogP contribution in [0.15, 0.2) is 67.0 Å². The Hall–Kier alpha value is -4.48. The number of nitrogens with one attached hydrogen (secondary N) is 2. The molecule has 0 unspecified atom stereocenters. The summed E-state index contributed by atoms with van der Waals surface area (Å²) in [6, 6.07) is 16.2. The van der Waals surface area contributed by atoms with Crippen molar-refractivity contribution in [2.24, 2.45) is 17.6 Å². The highest BCUT2D eigenvalue weighted by molar-refractivity contribution is 7.18. The molecule has 3 heterocycles. The minimum Gasteiger partial charge on any atom is -0.493 e. The number of aryl methyl sites for hydroxylation is 1. The number of hydrogen-bond acceptors (Lipinski definition) is 9. The van der Waals surface area contributed by atoms with Crippen molar-refractivity contribution in [3.63, 3.8) is 0 Å². The molecular weight excluding hydrogens is 651 g/mol. The molecule has 0 saturated carbocycles. The molecule has 4 atom stereocenters. The first-order valence-corrected chi connectivity index (χ1v) is 18.4. The van der Waals surface area contributed by atoms with Gasteiger partial charge in [-0.1, -0.05) is 37.6 Å². The number of para-hydroxylation sites is 1. The molecule has 0 fully saturated rings. The Balaban J connectivity index is 1.35. The van der Waals surface area contributed by atoms with Gasteiger partial charge in [0.1, 0.15) is 11.5 Å². The third-order valence-corrected chi connectivity index (χ3v) is 10.3. The summed E-state index contributed by atoms with van der Waals surface area (Å²) < 4.78 is 6.81. The predicted molar refractivity (Wildman–Crippen MR) is 195 cm³/mol. The SMILES string of the molecule is CCC(=O)C[C@@H](Cc1nc2ccc(C)cc2s1)C(=O)N[C@@H](Cc1ccncc1)C(=O)C[C@@H](CCCCN)C(=O)N[C@@H]1CCOc2ccccc21. The zero-order chi connectivity index (χ0) is 35.5. The molecule has 0 radical (unpaired) electrons. The number of ether oxygens (including phenoxy) is 1. The van der Waals surface area contributed by atoms with Gasteiger partial charge in [0.25, 0.3) is 0 Å². The van der Waals surface area contributed by atoms with Gasteiger partial charge in [-0.25, -0.2) is 4.98 Å². The summed E-state index contributed by atoms with van der Waals surface area (Å²) in [5.74, 6) is -1.42. The van der Waals surface area contributed by atoms with Crippen molar-refractivity contribution >= 4 is 44.9 Å². The van der Waals surface area contributed by atoms with E-state index in [-0.39, 0.29) is 55.1 Å². The Labute approximate surface area is 297 Å². The lowest BCUT2D eigenvalue weighted by atomic mass is 9.89. The van der Waals surface area contributed by atoms with Crippen LogP contribution in [0, 0.1) is 18.8 Å². The van der Waals surface area contributed by atoms with Crippen molar-refractivity contribution in [1.82, 2.24) is 20.6 Å². The number of carbonyl (C=O) groups is 4. The number of benzene rings is 2. The normalized spacial score (nSPS) is 15.7. The number of Topliss-reactive ketones (excluding diaryl/α,β-unsaturated/α-hetero) is 2. The lowest BCUT2D eigenvalue weighted by Crippen LogP contribution is -2.47. The number of rotatable bonds is 18. The molecular formula is C39H47N5O5S. The molecule has 2 amide bonds. The number of aromatic nitrogens is 2. The van der Waals surface area contributed by atoms with E-state index in [0.717, 1.165) is 44.1 Å². The fraction of sp³-hybridized carbons (Fsp3) is 0.436. The van der Waals surface area contributed by atoms with E-state index in [1.165, 1.54) is 11.3 Å². The lowest BCUT2D eigenvalue weighted by molar-refractivity contribution is -0.134. The first-order chi connectivity index (χ1) is 24.2. The number of nitrogens with two attached hydrogens (primary N) is 1. The average Bonchev–Trinajstić information content (AvgIpc) is 3.52. The average molecular weight is 698 g/mol.